The Morgan fingerprint density at radius 2 is 1.88 bits per heavy atom. The first-order valence-corrected chi connectivity index (χ1v) is 12.1. The van der Waals surface area contributed by atoms with E-state index in [1.54, 1.807) is 30.7 Å². The molecule has 0 aliphatic carbocycles. The van der Waals surface area contributed by atoms with E-state index in [-0.39, 0.29) is 30.8 Å². The Labute approximate surface area is 192 Å². The summed E-state index contributed by atoms with van der Waals surface area (Å²) in [7, 11) is -1.97. The third-order valence-corrected chi connectivity index (χ3v) is 7.59. The maximum atomic E-state index is 12.8. The zero-order valence-electron chi connectivity index (χ0n) is 18.2. The Morgan fingerprint density at radius 1 is 1.25 bits per heavy atom. The van der Waals surface area contributed by atoms with Gasteiger partial charge in [-0.2, -0.15) is 4.31 Å². The van der Waals surface area contributed by atoms with E-state index in [4.69, 9.17) is 16.3 Å². The zero-order valence-corrected chi connectivity index (χ0v) is 19.8. The highest BCUT2D eigenvalue weighted by molar-refractivity contribution is 7.89. The van der Waals surface area contributed by atoms with Crippen molar-refractivity contribution >= 4 is 33.5 Å². The Hall–Kier alpha value is -2.43. The molecule has 1 unspecified atom stereocenters. The molecule has 1 aromatic carbocycles. The predicted molar refractivity (Wildman–Crippen MR) is 118 cm³/mol. The summed E-state index contributed by atoms with van der Waals surface area (Å²) in [4.78, 5) is 28.6. The van der Waals surface area contributed by atoms with Gasteiger partial charge < -0.3 is 14.6 Å². The van der Waals surface area contributed by atoms with Gasteiger partial charge >= 0.3 is 5.97 Å². The summed E-state index contributed by atoms with van der Waals surface area (Å²) >= 11 is 5.87. The molecule has 11 heteroatoms. The highest BCUT2D eigenvalue weighted by atomic mass is 35.5. The molecule has 1 amide bonds. The van der Waals surface area contributed by atoms with Crippen LogP contribution in [-0.4, -0.2) is 53.8 Å². The molecular weight excluding hydrogens is 456 g/mol. The molecule has 1 atom stereocenters. The van der Waals surface area contributed by atoms with Gasteiger partial charge in [-0.25, -0.2) is 13.4 Å². The van der Waals surface area contributed by atoms with E-state index in [9.17, 15) is 18.0 Å². The molecule has 2 heterocycles. The number of piperidine rings is 1. The molecule has 9 nitrogen and oxygen atoms in total. The maximum Gasteiger partial charge on any atom is 0.309 e. The number of hydrogen-bond donors (Lipinski definition) is 1. The fourth-order valence-corrected chi connectivity index (χ4v) is 5.11. The number of carbonyl (C=O) groups excluding carboxylic acids is 2. The SMILES string of the molecule is Cc1nc(S(=O)(=O)N2CCC(C(=O)OCC(=O)NC(C)c3ccc(Cl)cc3)CC2)cn1C. The standard InChI is InChI=1S/C21H27ClN4O5S/c1-14(16-4-6-18(22)7-5-16)23-19(27)13-31-21(28)17-8-10-26(11-9-17)32(29,30)20-12-25(3)15(2)24-20/h4-7,12,14,17H,8-11,13H2,1-3H3,(H,23,27). The normalized spacial score (nSPS) is 16.5. The summed E-state index contributed by atoms with van der Waals surface area (Å²) in [6.07, 6.45) is 2.13. The molecule has 0 spiro atoms. The number of nitrogens with one attached hydrogen (secondary N) is 1. The van der Waals surface area contributed by atoms with Gasteiger partial charge in [-0.15, -0.1) is 0 Å². The molecule has 1 saturated heterocycles. The number of amides is 1. The van der Waals surface area contributed by atoms with Crippen LogP contribution in [0.3, 0.4) is 0 Å². The van der Waals surface area contributed by atoms with Crippen molar-refractivity contribution in [3.63, 3.8) is 0 Å². The molecule has 1 fully saturated rings. The first-order chi connectivity index (χ1) is 15.1. The average molecular weight is 483 g/mol. The van der Waals surface area contributed by atoms with Crippen LogP contribution in [0, 0.1) is 12.8 Å². The van der Waals surface area contributed by atoms with E-state index in [2.05, 4.69) is 10.3 Å². The van der Waals surface area contributed by atoms with Crippen LogP contribution >= 0.6 is 11.6 Å². The van der Waals surface area contributed by atoms with Gasteiger partial charge in [0.05, 0.1) is 12.0 Å². The van der Waals surface area contributed by atoms with Gasteiger partial charge in [0.1, 0.15) is 5.82 Å². The number of sulfonamides is 1. The quantitative estimate of drug-likeness (QED) is 0.606. The Balaban J connectivity index is 1.46. The lowest BCUT2D eigenvalue weighted by Crippen LogP contribution is -2.41. The second kappa shape index (κ2) is 10.0. The number of carbonyl (C=O) groups is 2. The van der Waals surface area contributed by atoms with E-state index in [1.807, 2.05) is 19.1 Å². The number of aryl methyl sites for hydroxylation is 2. The molecule has 1 aliphatic rings. The van der Waals surface area contributed by atoms with Crippen LogP contribution < -0.4 is 5.32 Å². The third kappa shape index (κ3) is 5.67. The van der Waals surface area contributed by atoms with Crippen LogP contribution in [0.4, 0.5) is 0 Å². The number of ether oxygens (including phenoxy) is 1. The average Bonchev–Trinajstić information content (AvgIpc) is 3.11. The summed E-state index contributed by atoms with van der Waals surface area (Å²) in [5.74, 6) is -0.754. The van der Waals surface area contributed by atoms with Gasteiger partial charge in [-0.1, -0.05) is 23.7 Å². The number of rotatable bonds is 7. The summed E-state index contributed by atoms with van der Waals surface area (Å²) in [5.41, 5.74) is 0.880. The maximum absolute atomic E-state index is 12.8. The van der Waals surface area contributed by atoms with E-state index < -0.39 is 27.8 Å². The second-order valence-electron chi connectivity index (χ2n) is 7.86. The molecule has 1 aliphatic heterocycles. The molecular formula is C21H27ClN4O5S. The first-order valence-electron chi connectivity index (χ1n) is 10.3. The van der Waals surface area contributed by atoms with Crippen LogP contribution in [0.2, 0.25) is 5.02 Å². The van der Waals surface area contributed by atoms with Crippen LogP contribution in [-0.2, 0) is 31.4 Å². The first kappa shape index (κ1) is 24.2. The van der Waals surface area contributed by atoms with Gasteiger partial charge in [-0.05, 0) is 44.4 Å². The number of esters is 1. The number of imidazole rings is 1. The summed E-state index contributed by atoms with van der Waals surface area (Å²) in [5, 5.41) is 3.38. The number of nitrogens with zero attached hydrogens (tertiary/aromatic N) is 3. The van der Waals surface area contributed by atoms with Crippen molar-refractivity contribution in [2.45, 2.75) is 37.8 Å². The molecule has 1 N–H and O–H groups in total. The summed E-state index contributed by atoms with van der Waals surface area (Å²) < 4.78 is 33.7. The molecule has 1 aromatic heterocycles. The predicted octanol–water partition coefficient (Wildman–Crippen LogP) is 2.20. The van der Waals surface area contributed by atoms with Crippen molar-refractivity contribution in [1.29, 1.82) is 0 Å². The summed E-state index contributed by atoms with van der Waals surface area (Å²) in [6.45, 7) is 3.55. The smallest absolute Gasteiger partial charge is 0.309 e. The number of halogens is 1. The lowest BCUT2D eigenvalue weighted by Gasteiger charge is -2.29. The van der Waals surface area contributed by atoms with Crippen molar-refractivity contribution in [3.8, 4) is 0 Å². The monoisotopic (exact) mass is 482 g/mol. The number of benzene rings is 1. The van der Waals surface area contributed by atoms with Gasteiger partial charge in [0.25, 0.3) is 15.9 Å². The Morgan fingerprint density at radius 3 is 2.44 bits per heavy atom. The molecule has 174 valence electrons. The molecule has 0 saturated carbocycles. The fraction of sp³-hybridized carbons (Fsp3) is 0.476. The van der Waals surface area contributed by atoms with Crippen molar-refractivity contribution in [2.75, 3.05) is 19.7 Å². The van der Waals surface area contributed by atoms with E-state index in [1.165, 1.54) is 10.5 Å². The van der Waals surface area contributed by atoms with E-state index in [0.29, 0.717) is 23.7 Å². The third-order valence-electron chi connectivity index (χ3n) is 5.57. The minimum Gasteiger partial charge on any atom is -0.455 e. The lowest BCUT2D eigenvalue weighted by atomic mass is 9.98. The number of aromatic nitrogens is 2. The largest absolute Gasteiger partial charge is 0.455 e. The minimum atomic E-state index is -3.70. The summed E-state index contributed by atoms with van der Waals surface area (Å²) in [6, 6.07) is 6.84. The van der Waals surface area contributed by atoms with Gasteiger partial charge in [0.2, 0.25) is 0 Å². The van der Waals surface area contributed by atoms with E-state index in [0.717, 1.165) is 5.56 Å². The van der Waals surface area contributed by atoms with Gasteiger partial charge in [0, 0.05) is 31.4 Å². The van der Waals surface area contributed by atoms with Crippen molar-refractivity contribution in [1.82, 2.24) is 19.2 Å². The zero-order chi connectivity index (χ0) is 23.5. The lowest BCUT2D eigenvalue weighted by molar-refractivity contribution is -0.153. The van der Waals surface area contributed by atoms with Gasteiger partial charge in [-0.3, -0.25) is 9.59 Å². The molecule has 2 aromatic rings. The topological polar surface area (TPSA) is 111 Å². The van der Waals surface area contributed by atoms with Gasteiger partial charge in [0.15, 0.2) is 11.6 Å². The fourth-order valence-electron chi connectivity index (χ4n) is 3.49. The van der Waals surface area contributed by atoms with E-state index >= 15 is 0 Å². The highest BCUT2D eigenvalue weighted by Gasteiger charge is 2.34. The van der Waals surface area contributed by atoms with Crippen molar-refractivity contribution in [3.05, 3.63) is 46.9 Å². The molecule has 0 bridgehead atoms. The molecule has 32 heavy (non-hydrogen) atoms. The number of hydrogen-bond acceptors (Lipinski definition) is 6. The van der Waals surface area contributed by atoms with Crippen LogP contribution in [0.5, 0.6) is 0 Å². The van der Waals surface area contributed by atoms with Crippen LogP contribution in [0.15, 0.2) is 35.5 Å². The van der Waals surface area contributed by atoms with Crippen molar-refractivity contribution in [2.24, 2.45) is 13.0 Å². The second-order valence-corrected chi connectivity index (χ2v) is 10.2. The Bertz CT molecular complexity index is 1060. The minimum absolute atomic E-state index is 0.00463. The highest BCUT2D eigenvalue weighted by Crippen LogP contribution is 2.24. The Kier molecular flexibility index (Phi) is 7.58. The van der Waals surface area contributed by atoms with Crippen LogP contribution in [0.25, 0.3) is 0 Å². The molecule has 0 radical (unpaired) electrons. The van der Waals surface area contributed by atoms with Crippen molar-refractivity contribution < 1.29 is 22.7 Å². The van der Waals surface area contributed by atoms with Crippen LogP contribution in [0.1, 0.15) is 37.2 Å². The molecule has 3 rings (SSSR count).